The minimum absolute atomic E-state index is 0.0483. The summed E-state index contributed by atoms with van der Waals surface area (Å²) in [5, 5.41) is 7.07. The normalized spacial score (nSPS) is 14.6. The minimum Gasteiger partial charge on any atom is -0.444 e. The number of nitrogens with one attached hydrogen (secondary N) is 2. The van der Waals surface area contributed by atoms with Crippen molar-refractivity contribution in [2.45, 2.75) is 131 Å². The first-order valence-electron chi connectivity index (χ1n) is 23.4. The van der Waals surface area contributed by atoms with E-state index in [0.717, 1.165) is 58.0 Å². The summed E-state index contributed by atoms with van der Waals surface area (Å²) in [6, 6.07) is 29.0. The van der Waals surface area contributed by atoms with E-state index in [1.54, 1.807) is 36.1 Å². The van der Waals surface area contributed by atoms with Gasteiger partial charge in [0.2, 0.25) is 11.8 Å². The van der Waals surface area contributed by atoms with Crippen LogP contribution in [0.2, 0.25) is 5.02 Å². The summed E-state index contributed by atoms with van der Waals surface area (Å²) in [5.74, 6) is -0.427. The second-order valence-electron chi connectivity index (χ2n) is 19.4. The average molecular weight is 925 g/mol. The highest BCUT2D eigenvalue weighted by Gasteiger charge is 2.36. The third kappa shape index (κ3) is 16.2. The highest BCUT2D eigenvalue weighted by molar-refractivity contribution is 6.30. The van der Waals surface area contributed by atoms with Crippen LogP contribution in [0.4, 0.5) is 16.2 Å². The molecule has 4 N–H and O–H groups in total. The van der Waals surface area contributed by atoms with Crippen LogP contribution in [0, 0.1) is 12.8 Å². The number of hydrogen-bond acceptors (Lipinski definition) is 7. The van der Waals surface area contributed by atoms with Crippen molar-refractivity contribution < 1.29 is 28.7 Å². The SMILES string of the molecule is CC.CC(=O)N1CCCc2cc(-c3ccc(C(=O)NC(C)(C)CCOC(C)(C)CNC(=O)C(c4cccc(C)c4)C4CCN(C(=O)OC(C)(C)C)CC4)cc3)ccc21.Nc1ccc(Cl)cc1. The van der Waals surface area contributed by atoms with Gasteiger partial charge in [-0.1, -0.05) is 73.5 Å². The first-order valence-corrected chi connectivity index (χ1v) is 23.8. The van der Waals surface area contributed by atoms with E-state index in [2.05, 4.69) is 22.8 Å². The first kappa shape index (κ1) is 53.2. The molecule has 0 saturated carbocycles. The summed E-state index contributed by atoms with van der Waals surface area (Å²) in [5.41, 5.74) is 11.2. The van der Waals surface area contributed by atoms with Crippen LogP contribution in [-0.4, -0.2) is 78.2 Å². The maximum absolute atomic E-state index is 14.0. The lowest BCUT2D eigenvalue weighted by atomic mass is 9.79. The van der Waals surface area contributed by atoms with Gasteiger partial charge in [0.25, 0.3) is 5.91 Å². The molecule has 2 aliphatic rings. The number of nitrogen functional groups attached to an aromatic ring is 1. The van der Waals surface area contributed by atoms with Gasteiger partial charge >= 0.3 is 6.09 Å². The molecule has 358 valence electrons. The van der Waals surface area contributed by atoms with Gasteiger partial charge in [0.15, 0.2) is 0 Å². The molecule has 0 bridgehead atoms. The topological polar surface area (TPSA) is 143 Å². The number of benzene rings is 4. The third-order valence-corrected chi connectivity index (χ3v) is 11.9. The number of aryl methyl sites for hydroxylation is 2. The van der Waals surface area contributed by atoms with Crippen molar-refractivity contribution in [3.05, 3.63) is 118 Å². The standard InChI is InChI=1S/C46H62N4O6.C6H6ClN.C2H6/c1-31-12-10-13-38(28-31)40(34-21-25-49(26-22-34)43(54)56-44(3,4)5)42(53)47-30-46(8,9)55-27-23-45(6,7)48-41(52)35-17-15-33(16-18-35)36-19-20-39-37(29-36)14-11-24-50(39)32(2)51;7-5-1-3-6(8)4-2-5;1-2/h10,12-13,15-20,28-29,34,40H,11,14,21-27,30H2,1-9H3,(H,47,53)(H,48,52);1-4H,8H2;1-2H3. The van der Waals surface area contributed by atoms with Crippen molar-refractivity contribution in [2.75, 3.05) is 43.4 Å². The molecule has 4 aromatic rings. The number of halogens is 1. The Labute approximate surface area is 399 Å². The number of likely N-dealkylation sites (tertiary alicyclic amines) is 1. The number of ether oxygens (including phenoxy) is 2. The monoisotopic (exact) mass is 924 g/mol. The van der Waals surface area contributed by atoms with Crippen molar-refractivity contribution in [2.24, 2.45) is 5.92 Å². The molecule has 11 nitrogen and oxygen atoms in total. The van der Waals surface area contributed by atoms with Crippen LogP contribution in [0.1, 0.15) is 128 Å². The lowest BCUT2D eigenvalue weighted by Gasteiger charge is -2.37. The molecule has 2 aliphatic heterocycles. The molecule has 1 fully saturated rings. The molecule has 6 rings (SSSR count). The predicted molar refractivity (Wildman–Crippen MR) is 269 cm³/mol. The van der Waals surface area contributed by atoms with Crippen LogP contribution in [0.25, 0.3) is 11.1 Å². The Hall–Kier alpha value is -5.39. The molecule has 2 heterocycles. The number of carbonyl (C=O) groups is 4. The summed E-state index contributed by atoms with van der Waals surface area (Å²) in [7, 11) is 0. The Morgan fingerprint density at radius 1 is 0.833 bits per heavy atom. The number of nitrogens with two attached hydrogens (primary N) is 1. The number of amides is 4. The maximum atomic E-state index is 14.0. The van der Waals surface area contributed by atoms with Gasteiger partial charge in [-0.05, 0) is 164 Å². The van der Waals surface area contributed by atoms with E-state index in [-0.39, 0.29) is 35.7 Å². The van der Waals surface area contributed by atoms with Gasteiger partial charge in [0.1, 0.15) is 5.60 Å². The largest absolute Gasteiger partial charge is 0.444 e. The molecule has 66 heavy (non-hydrogen) atoms. The van der Waals surface area contributed by atoms with Crippen molar-refractivity contribution in [1.29, 1.82) is 0 Å². The number of piperidine rings is 1. The molecule has 1 saturated heterocycles. The Bertz CT molecular complexity index is 2210. The Morgan fingerprint density at radius 3 is 2.06 bits per heavy atom. The highest BCUT2D eigenvalue weighted by atomic mass is 35.5. The van der Waals surface area contributed by atoms with E-state index in [1.807, 2.05) is 129 Å². The quantitative estimate of drug-likeness (QED) is 0.120. The summed E-state index contributed by atoms with van der Waals surface area (Å²) in [4.78, 5) is 55.6. The highest BCUT2D eigenvalue weighted by Crippen LogP contribution is 2.35. The second-order valence-corrected chi connectivity index (χ2v) is 19.8. The van der Waals surface area contributed by atoms with Gasteiger partial charge in [-0.25, -0.2) is 4.79 Å². The third-order valence-electron chi connectivity index (χ3n) is 11.6. The van der Waals surface area contributed by atoms with Crippen LogP contribution in [-0.2, 0) is 25.5 Å². The number of anilines is 2. The van der Waals surface area contributed by atoms with Gasteiger partial charge in [0, 0.05) is 67.2 Å². The van der Waals surface area contributed by atoms with Crippen LogP contribution in [0.15, 0.2) is 91.0 Å². The smallest absolute Gasteiger partial charge is 0.410 e. The van der Waals surface area contributed by atoms with Crippen LogP contribution in [0.5, 0.6) is 0 Å². The van der Waals surface area contributed by atoms with Crippen molar-refractivity contribution >= 4 is 46.8 Å². The number of hydrogen-bond donors (Lipinski definition) is 3. The number of fused-ring (bicyclic) bond motifs is 1. The van der Waals surface area contributed by atoms with E-state index < -0.39 is 16.7 Å². The zero-order chi connectivity index (χ0) is 48.8. The van der Waals surface area contributed by atoms with Crippen LogP contribution < -0.4 is 21.3 Å². The molecule has 0 aliphatic carbocycles. The zero-order valence-corrected chi connectivity index (χ0v) is 41.9. The number of nitrogens with zero attached hydrogens (tertiary/aromatic N) is 2. The van der Waals surface area contributed by atoms with Crippen molar-refractivity contribution in [1.82, 2.24) is 15.5 Å². The summed E-state index contributed by atoms with van der Waals surface area (Å²) in [6.07, 6.45) is 3.54. The van der Waals surface area contributed by atoms with Crippen LogP contribution in [0.3, 0.4) is 0 Å². The van der Waals surface area contributed by atoms with Crippen molar-refractivity contribution in [3.8, 4) is 11.1 Å². The molecular formula is C54H74ClN5O6. The predicted octanol–water partition coefficient (Wildman–Crippen LogP) is 11.2. The van der Waals surface area contributed by atoms with Gasteiger partial charge in [-0.15, -0.1) is 0 Å². The molecule has 1 unspecified atom stereocenters. The molecular weight excluding hydrogens is 850 g/mol. The lowest BCUT2D eigenvalue weighted by molar-refractivity contribution is -0.126. The fraction of sp³-hybridized carbons (Fsp3) is 0.481. The first-order chi connectivity index (χ1) is 31.1. The molecule has 4 amide bonds. The van der Waals surface area contributed by atoms with Gasteiger partial charge < -0.3 is 35.6 Å². The number of rotatable bonds is 12. The van der Waals surface area contributed by atoms with E-state index in [0.29, 0.717) is 51.1 Å². The molecule has 12 heteroatoms. The fourth-order valence-electron chi connectivity index (χ4n) is 8.11. The molecule has 0 aromatic heterocycles. The summed E-state index contributed by atoms with van der Waals surface area (Å²) in [6.45, 7) is 23.7. The Kier molecular flexibility index (Phi) is 19.3. The van der Waals surface area contributed by atoms with Crippen LogP contribution >= 0.6 is 11.6 Å². The molecule has 4 aromatic carbocycles. The van der Waals surface area contributed by atoms with Crippen molar-refractivity contribution in [3.63, 3.8) is 0 Å². The minimum atomic E-state index is -0.649. The summed E-state index contributed by atoms with van der Waals surface area (Å²) < 4.78 is 11.9. The Balaban J connectivity index is 0.000000849. The van der Waals surface area contributed by atoms with E-state index in [9.17, 15) is 19.2 Å². The number of carbonyl (C=O) groups excluding carboxylic acids is 4. The lowest BCUT2D eigenvalue weighted by Crippen LogP contribution is -2.47. The van der Waals surface area contributed by atoms with Gasteiger partial charge in [0.05, 0.1) is 11.5 Å². The van der Waals surface area contributed by atoms with Gasteiger partial charge in [-0.3, -0.25) is 14.4 Å². The summed E-state index contributed by atoms with van der Waals surface area (Å²) >= 11 is 5.56. The molecule has 0 spiro atoms. The zero-order valence-electron chi connectivity index (χ0n) is 41.2. The van der Waals surface area contributed by atoms with E-state index in [1.165, 1.54) is 5.56 Å². The molecule has 0 radical (unpaired) electrons. The average Bonchev–Trinajstić information content (AvgIpc) is 3.26. The maximum Gasteiger partial charge on any atom is 0.410 e. The second kappa shape index (κ2) is 23.9. The van der Waals surface area contributed by atoms with E-state index >= 15 is 0 Å². The fourth-order valence-corrected chi connectivity index (χ4v) is 8.24. The van der Waals surface area contributed by atoms with Gasteiger partial charge in [-0.2, -0.15) is 0 Å². The molecule has 1 atom stereocenters. The van der Waals surface area contributed by atoms with E-state index in [4.69, 9.17) is 26.8 Å². The Morgan fingerprint density at radius 2 is 1.47 bits per heavy atom.